The fraction of sp³-hybridized carbons (Fsp3) is 0.375. The third-order valence-electron chi connectivity index (χ3n) is 1.72. The van der Waals surface area contributed by atoms with Gasteiger partial charge < -0.3 is 10.3 Å². The molecule has 0 atom stereocenters. The number of nitrogens with zero attached hydrogens (tertiary/aromatic N) is 4. The second kappa shape index (κ2) is 4.99. The van der Waals surface area contributed by atoms with Crippen molar-refractivity contribution in [3.05, 3.63) is 12.4 Å². The third kappa shape index (κ3) is 2.57. The van der Waals surface area contributed by atoms with E-state index in [-0.39, 0.29) is 0 Å². The molecule has 0 aliphatic carbocycles. The van der Waals surface area contributed by atoms with Crippen LogP contribution in [0.5, 0.6) is 0 Å². The average molecular weight is 192 g/mol. The second-order valence-electron chi connectivity index (χ2n) is 2.74. The largest absolute Gasteiger partial charge is 0.357 e. The van der Waals surface area contributed by atoms with Crippen LogP contribution in [0.25, 0.3) is 0 Å². The number of rotatable bonds is 4. The van der Waals surface area contributed by atoms with E-state index in [4.69, 9.17) is 11.1 Å². The fourth-order valence-corrected chi connectivity index (χ4v) is 0.941. The van der Waals surface area contributed by atoms with E-state index < -0.39 is 0 Å². The van der Waals surface area contributed by atoms with Gasteiger partial charge in [-0.2, -0.15) is 5.26 Å². The zero-order valence-corrected chi connectivity index (χ0v) is 7.94. The van der Waals surface area contributed by atoms with Crippen molar-refractivity contribution in [2.24, 2.45) is 5.84 Å². The Hall–Kier alpha value is -1.87. The normalized spacial score (nSPS) is 9.21. The number of nitrogens with two attached hydrogens (primary N) is 1. The molecule has 0 bridgehead atoms. The zero-order chi connectivity index (χ0) is 10.4. The predicted octanol–water partition coefficient (Wildman–Crippen LogP) is 0.112. The van der Waals surface area contributed by atoms with Crippen molar-refractivity contribution < 1.29 is 0 Å². The van der Waals surface area contributed by atoms with Gasteiger partial charge in [0.25, 0.3) is 0 Å². The molecule has 0 unspecified atom stereocenters. The van der Waals surface area contributed by atoms with Crippen LogP contribution in [0, 0.1) is 11.3 Å². The van der Waals surface area contributed by atoms with E-state index in [1.165, 1.54) is 6.20 Å². The Bertz CT molecular complexity index is 331. The monoisotopic (exact) mass is 192 g/mol. The Kier molecular flexibility index (Phi) is 3.64. The molecule has 0 aliphatic rings. The number of nitrogens with one attached hydrogen (secondary N) is 1. The Balaban J connectivity index is 2.70. The molecule has 0 saturated heterocycles. The molecule has 0 spiro atoms. The number of aromatic nitrogens is 2. The van der Waals surface area contributed by atoms with Crippen molar-refractivity contribution in [3.8, 4) is 6.07 Å². The first-order chi connectivity index (χ1) is 6.77. The molecular formula is C8H12N6. The van der Waals surface area contributed by atoms with Gasteiger partial charge in [0.15, 0.2) is 5.82 Å². The molecule has 1 heterocycles. The van der Waals surface area contributed by atoms with Gasteiger partial charge in [0.1, 0.15) is 5.82 Å². The summed E-state index contributed by atoms with van der Waals surface area (Å²) >= 11 is 0. The molecule has 6 nitrogen and oxygen atoms in total. The van der Waals surface area contributed by atoms with Gasteiger partial charge in [-0.05, 0) is 0 Å². The number of hydrogen-bond donors (Lipinski definition) is 2. The van der Waals surface area contributed by atoms with Crippen LogP contribution < -0.4 is 16.2 Å². The fourth-order valence-electron chi connectivity index (χ4n) is 0.941. The van der Waals surface area contributed by atoms with E-state index in [2.05, 4.69) is 21.5 Å². The topological polar surface area (TPSA) is 90.9 Å². The molecule has 0 fully saturated rings. The van der Waals surface area contributed by atoms with Crippen LogP contribution in [0.15, 0.2) is 12.4 Å². The number of anilines is 2. The van der Waals surface area contributed by atoms with E-state index in [9.17, 15) is 0 Å². The van der Waals surface area contributed by atoms with Gasteiger partial charge in [0.2, 0.25) is 0 Å². The average Bonchev–Trinajstić information content (AvgIpc) is 2.26. The molecule has 3 N–H and O–H groups in total. The van der Waals surface area contributed by atoms with Gasteiger partial charge in [-0.3, -0.25) is 4.98 Å². The lowest BCUT2D eigenvalue weighted by molar-refractivity contribution is 0.878. The lowest BCUT2D eigenvalue weighted by Crippen LogP contribution is -2.20. The maximum Gasteiger partial charge on any atom is 0.160 e. The summed E-state index contributed by atoms with van der Waals surface area (Å²) in [6, 6.07) is 2.07. The van der Waals surface area contributed by atoms with E-state index in [0.29, 0.717) is 24.6 Å². The zero-order valence-electron chi connectivity index (χ0n) is 7.94. The maximum atomic E-state index is 8.42. The number of nitrogen functional groups attached to an aromatic ring is 1. The standard InChI is InChI=1S/C8H12N6/c1-14(4-2-3-9)8-6-11-5-7(12-8)13-10/h5-6H,2,4,10H2,1H3,(H,12,13). The summed E-state index contributed by atoms with van der Waals surface area (Å²) < 4.78 is 0. The molecule has 1 aromatic rings. The third-order valence-corrected chi connectivity index (χ3v) is 1.72. The summed E-state index contributed by atoms with van der Waals surface area (Å²) in [5.41, 5.74) is 2.41. The minimum atomic E-state index is 0.457. The van der Waals surface area contributed by atoms with Crippen LogP contribution in [0.3, 0.4) is 0 Å². The smallest absolute Gasteiger partial charge is 0.160 e. The second-order valence-corrected chi connectivity index (χ2v) is 2.74. The van der Waals surface area contributed by atoms with Gasteiger partial charge in [0.05, 0.1) is 24.9 Å². The molecule has 1 aromatic heterocycles. The molecular weight excluding hydrogens is 180 g/mol. The molecule has 1 rings (SSSR count). The predicted molar refractivity (Wildman–Crippen MR) is 53.3 cm³/mol. The van der Waals surface area contributed by atoms with Gasteiger partial charge in [-0.1, -0.05) is 0 Å². The Morgan fingerprint density at radius 3 is 3.07 bits per heavy atom. The summed E-state index contributed by atoms with van der Waals surface area (Å²) in [4.78, 5) is 9.96. The molecule has 0 aromatic carbocycles. The minimum absolute atomic E-state index is 0.457. The highest BCUT2D eigenvalue weighted by Crippen LogP contribution is 2.09. The van der Waals surface area contributed by atoms with Crippen molar-refractivity contribution in [2.75, 3.05) is 23.9 Å². The molecule has 0 aliphatic heterocycles. The van der Waals surface area contributed by atoms with Crippen LogP contribution in [0.1, 0.15) is 6.42 Å². The lowest BCUT2D eigenvalue weighted by atomic mass is 10.4. The summed E-state index contributed by atoms with van der Waals surface area (Å²) in [6.45, 7) is 0.624. The van der Waals surface area contributed by atoms with Crippen molar-refractivity contribution >= 4 is 11.6 Å². The lowest BCUT2D eigenvalue weighted by Gasteiger charge is -2.16. The Labute approximate surface area is 82.3 Å². The van der Waals surface area contributed by atoms with E-state index >= 15 is 0 Å². The van der Waals surface area contributed by atoms with Gasteiger partial charge >= 0.3 is 0 Å². The highest BCUT2D eigenvalue weighted by molar-refractivity contribution is 5.42. The molecule has 14 heavy (non-hydrogen) atoms. The number of hydrogen-bond acceptors (Lipinski definition) is 6. The molecule has 74 valence electrons. The summed E-state index contributed by atoms with van der Waals surface area (Å²) in [5, 5.41) is 8.42. The summed E-state index contributed by atoms with van der Waals surface area (Å²) in [6.07, 6.45) is 3.61. The number of hydrazine groups is 1. The van der Waals surface area contributed by atoms with Crippen LogP contribution in [0.2, 0.25) is 0 Å². The molecule has 0 amide bonds. The highest BCUT2D eigenvalue weighted by atomic mass is 15.3. The summed E-state index contributed by atoms with van der Waals surface area (Å²) in [5.74, 6) is 6.39. The van der Waals surface area contributed by atoms with Crippen LogP contribution in [-0.2, 0) is 0 Å². The quantitative estimate of drug-likeness (QED) is 0.519. The summed E-state index contributed by atoms with van der Waals surface area (Å²) in [7, 11) is 1.85. The van der Waals surface area contributed by atoms with Gasteiger partial charge in [-0.15, -0.1) is 0 Å². The molecule has 0 radical (unpaired) electrons. The Morgan fingerprint density at radius 2 is 2.43 bits per heavy atom. The SMILES string of the molecule is CN(CCC#N)c1cncc(NN)n1. The van der Waals surface area contributed by atoms with E-state index in [0.717, 1.165) is 0 Å². The minimum Gasteiger partial charge on any atom is -0.357 e. The van der Waals surface area contributed by atoms with Crippen molar-refractivity contribution in [2.45, 2.75) is 6.42 Å². The van der Waals surface area contributed by atoms with Crippen LogP contribution in [0.4, 0.5) is 11.6 Å². The van der Waals surface area contributed by atoms with Crippen molar-refractivity contribution in [3.63, 3.8) is 0 Å². The van der Waals surface area contributed by atoms with E-state index in [1.807, 2.05) is 11.9 Å². The maximum absolute atomic E-state index is 8.42. The molecule has 0 saturated carbocycles. The Morgan fingerprint density at radius 1 is 1.64 bits per heavy atom. The first kappa shape index (κ1) is 10.2. The first-order valence-electron chi connectivity index (χ1n) is 4.14. The van der Waals surface area contributed by atoms with Crippen molar-refractivity contribution in [1.82, 2.24) is 9.97 Å². The number of nitriles is 1. The van der Waals surface area contributed by atoms with Crippen LogP contribution in [-0.4, -0.2) is 23.6 Å². The first-order valence-corrected chi connectivity index (χ1v) is 4.14. The van der Waals surface area contributed by atoms with Gasteiger partial charge in [-0.25, -0.2) is 10.8 Å². The van der Waals surface area contributed by atoms with E-state index in [1.54, 1.807) is 6.20 Å². The van der Waals surface area contributed by atoms with Gasteiger partial charge in [0, 0.05) is 13.6 Å². The van der Waals surface area contributed by atoms with Crippen molar-refractivity contribution in [1.29, 1.82) is 5.26 Å². The van der Waals surface area contributed by atoms with Crippen LogP contribution >= 0.6 is 0 Å². The highest BCUT2D eigenvalue weighted by Gasteiger charge is 2.02. The molecule has 6 heteroatoms.